The molecule has 6 rings (SSSR count). The largest absolute Gasteiger partial charge is 0.366 e. The second kappa shape index (κ2) is 9.29. The number of rotatable bonds is 4. The summed E-state index contributed by atoms with van der Waals surface area (Å²) in [4.78, 5) is 44.6. The molecule has 0 radical (unpaired) electrons. The maximum Gasteiger partial charge on any atom is 0.333 e. The molecule has 1 aliphatic carbocycles. The van der Waals surface area contributed by atoms with Crippen molar-refractivity contribution < 1.29 is 13.6 Å². The van der Waals surface area contributed by atoms with Gasteiger partial charge in [0.15, 0.2) is 0 Å². The normalized spacial score (nSPS) is 15.2. The van der Waals surface area contributed by atoms with Crippen LogP contribution in [0.1, 0.15) is 47.4 Å². The number of para-hydroxylation sites is 1. The molecule has 0 saturated carbocycles. The molecule has 2 aromatic heterocycles. The highest BCUT2D eigenvalue weighted by Gasteiger charge is 2.29. The van der Waals surface area contributed by atoms with Gasteiger partial charge in [-0.2, -0.15) is 0 Å². The van der Waals surface area contributed by atoms with E-state index in [2.05, 4.69) is 23.8 Å². The third kappa shape index (κ3) is 3.79. The molecule has 0 bridgehead atoms. The first-order valence-corrected chi connectivity index (χ1v) is 13.3. The first-order valence-electron chi connectivity index (χ1n) is 13.3. The van der Waals surface area contributed by atoms with Gasteiger partial charge in [0.05, 0.1) is 27.7 Å². The summed E-state index contributed by atoms with van der Waals surface area (Å²) in [5, 5.41) is 0.608. The SMILES string of the molecule is Cc1c(-c2c(F)cc(C(N)=O)c3[nH]c4c(c23)CCC(C(C)C)C4)cccc1-n1c(=O)[nH]c2c(F)cccc2c1=O. The molecule has 4 N–H and O–H groups in total. The van der Waals surface area contributed by atoms with E-state index in [0.717, 1.165) is 34.7 Å². The number of hydrogen-bond acceptors (Lipinski definition) is 3. The van der Waals surface area contributed by atoms with Gasteiger partial charge in [0.25, 0.3) is 11.5 Å². The van der Waals surface area contributed by atoms with E-state index >= 15 is 4.39 Å². The molecular weight excluding hydrogens is 514 g/mol. The van der Waals surface area contributed by atoms with Crippen molar-refractivity contribution in [1.82, 2.24) is 14.5 Å². The van der Waals surface area contributed by atoms with Gasteiger partial charge in [0.1, 0.15) is 11.6 Å². The standard InChI is InChI=1S/C31H28F2N4O3/c1-14(2)16-10-11-18-23(12-16)35-28-20(29(34)38)13-22(33)25(26(18)28)17-6-5-9-24(15(17)3)37-30(39)19-7-4-8-21(32)27(19)36-31(37)40/h4-9,13-14,16,35H,10-12H2,1-3H3,(H2,34,38)(H,36,40). The van der Waals surface area contributed by atoms with Crippen molar-refractivity contribution in [3.8, 4) is 16.8 Å². The van der Waals surface area contributed by atoms with E-state index in [-0.39, 0.29) is 27.7 Å². The number of carbonyl (C=O) groups is 1. The average Bonchev–Trinajstić information content (AvgIpc) is 3.28. The fourth-order valence-corrected chi connectivity index (χ4v) is 6.19. The fraction of sp³-hybridized carbons (Fsp3) is 0.258. The van der Waals surface area contributed by atoms with Crippen molar-refractivity contribution in [2.45, 2.75) is 40.0 Å². The third-order valence-corrected chi connectivity index (χ3v) is 8.36. The number of halogens is 2. The van der Waals surface area contributed by atoms with Crippen molar-refractivity contribution in [2.75, 3.05) is 0 Å². The Morgan fingerprint density at radius 1 is 1.05 bits per heavy atom. The van der Waals surface area contributed by atoms with E-state index < -0.39 is 28.8 Å². The van der Waals surface area contributed by atoms with Gasteiger partial charge in [-0.15, -0.1) is 0 Å². The topological polar surface area (TPSA) is 114 Å². The average molecular weight is 543 g/mol. The minimum atomic E-state index is -0.809. The Bertz CT molecular complexity index is 1980. The Kier molecular flexibility index (Phi) is 5.98. The molecule has 1 aliphatic rings. The molecule has 40 heavy (non-hydrogen) atoms. The number of aryl methyl sites for hydroxylation is 1. The summed E-state index contributed by atoms with van der Waals surface area (Å²) >= 11 is 0. The zero-order valence-corrected chi connectivity index (χ0v) is 22.3. The molecule has 1 unspecified atom stereocenters. The lowest BCUT2D eigenvalue weighted by Crippen LogP contribution is -2.34. The molecule has 5 aromatic rings. The number of aromatic amines is 2. The fourth-order valence-electron chi connectivity index (χ4n) is 6.19. The number of benzene rings is 3. The molecule has 2 heterocycles. The van der Waals surface area contributed by atoms with Crippen LogP contribution in [0.4, 0.5) is 8.78 Å². The maximum absolute atomic E-state index is 16.0. The van der Waals surface area contributed by atoms with Crippen LogP contribution in [-0.2, 0) is 12.8 Å². The van der Waals surface area contributed by atoms with Crippen LogP contribution in [0.15, 0.2) is 52.1 Å². The van der Waals surface area contributed by atoms with E-state index in [1.165, 1.54) is 18.2 Å². The number of nitrogens with one attached hydrogen (secondary N) is 2. The number of nitrogens with two attached hydrogens (primary N) is 1. The zero-order valence-electron chi connectivity index (χ0n) is 22.3. The van der Waals surface area contributed by atoms with Crippen LogP contribution in [0, 0.1) is 30.4 Å². The summed E-state index contributed by atoms with van der Waals surface area (Å²) in [6, 6.07) is 10.1. The summed E-state index contributed by atoms with van der Waals surface area (Å²) < 4.78 is 31.2. The Labute approximate surface area is 227 Å². The van der Waals surface area contributed by atoms with E-state index in [9.17, 15) is 18.8 Å². The highest BCUT2D eigenvalue weighted by atomic mass is 19.1. The van der Waals surface area contributed by atoms with Crippen molar-refractivity contribution in [3.05, 3.63) is 97.3 Å². The number of carbonyl (C=O) groups excluding carboxylic acids is 1. The first kappa shape index (κ1) is 25.7. The van der Waals surface area contributed by atoms with E-state index in [4.69, 9.17) is 5.73 Å². The molecule has 0 spiro atoms. The van der Waals surface area contributed by atoms with Crippen LogP contribution in [0.3, 0.4) is 0 Å². The molecule has 9 heteroatoms. The molecular formula is C31H28F2N4O3. The van der Waals surface area contributed by atoms with Crippen molar-refractivity contribution in [2.24, 2.45) is 17.6 Å². The predicted octanol–water partition coefficient (Wildman–Crippen LogP) is 5.27. The molecule has 1 amide bonds. The van der Waals surface area contributed by atoms with Gasteiger partial charge >= 0.3 is 5.69 Å². The van der Waals surface area contributed by atoms with Crippen molar-refractivity contribution in [1.29, 1.82) is 0 Å². The maximum atomic E-state index is 16.0. The van der Waals surface area contributed by atoms with Crippen molar-refractivity contribution >= 4 is 27.7 Å². The zero-order chi connectivity index (χ0) is 28.5. The van der Waals surface area contributed by atoms with Crippen LogP contribution < -0.4 is 17.0 Å². The summed E-state index contributed by atoms with van der Waals surface area (Å²) in [6.07, 6.45) is 2.41. The molecule has 204 valence electrons. The van der Waals surface area contributed by atoms with Gasteiger partial charge in [-0.05, 0) is 79.0 Å². The number of hydrogen-bond donors (Lipinski definition) is 3. The summed E-state index contributed by atoms with van der Waals surface area (Å²) in [6.45, 7) is 6.06. The van der Waals surface area contributed by atoms with Gasteiger partial charge in [0, 0.05) is 16.6 Å². The minimum Gasteiger partial charge on any atom is -0.366 e. The van der Waals surface area contributed by atoms with Gasteiger partial charge in [-0.25, -0.2) is 18.1 Å². The highest BCUT2D eigenvalue weighted by Crippen LogP contribution is 2.43. The molecule has 0 aliphatic heterocycles. The Hall–Kier alpha value is -4.53. The number of H-pyrrole nitrogens is 2. The molecule has 1 atom stereocenters. The Morgan fingerprint density at radius 3 is 2.52 bits per heavy atom. The quantitative estimate of drug-likeness (QED) is 0.287. The van der Waals surface area contributed by atoms with Crippen LogP contribution >= 0.6 is 0 Å². The lowest BCUT2D eigenvalue weighted by molar-refractivity contribution is 0.100. The summed E-state index contributed by atoms with van der Waals surface area (Å²) in [7, 11) is 0. The Balaban J connectivity index is 1.64. The van der Waals surface area contributed by atoms with E-state index in [1.54, 1.807) is 25.1 Å². The summed E-state index contributed by atoms with van der Waals surface area (Å²) in [5.41, 5.74) is 7.93. The van der Waals surface area contributed by atoms with E-state index in [1.807, 2.05) is 0 Å². The van der Waals surface area contributed by atoms with Crippen LogP contribution in [0.25, 0.3) is 38.6 Å². The minimum absolute atomic E-state index is 0.0168. The van der Waals surface area contributed by atoms with Gasteiger partial charge in [0.2, 0.25) is 0 Å². The predicted molar refractivity (Wildman–Crippen MR) is 151 cm³/mol. The molecule has 0 saturated heterocycles. The van der Waals surface area contributed by atoms with Gasteiger partial charge in [-0.3, -0.25) is 9.59 Å². The lowest BCUT2D eigenvalue weighted by Gasteiger charge is -2.25. The van der Waals surface area contributed by atoms with Crippen LogP contribution in [0.5, 0.6) is 0 Å². The van der Waals surface area contributed by atoms with Gasteiger partial charge < -0.3 is 15.7 Å². The number of aromatic nitrogens is 3. The smallest absolute Gasteiger partial charge is 0.333 e. The molecule has 7 nitrogen and oxygen atoms in total. The summed E-state index contributed by atoms with van der Waals surface area (Å²) in [5.74, 6) is -1.15. The monoisotopic (exact) mass is 542 g/mol. The second-order valence-corrected chi connectivity index (χ2v) is 10.9. The molecule has 3 aromatic carbocycles. The van der Waals surface area contributed by atoms with Crippen molar-refractivity contribution in [3.63, 3.8) is 0 Å². The number of primary amides is 1. The number of nitrogens with zero attached hydrogens (tertiary/aromatic N) is 1. The Morgan fingerprint density at radius 2 is 1.80 bits per heavy atom. The number of amides is 1. The second-order valence-electron chi connectivity index (χ2n) is 10.9. The van der Waals surface area contributed by atoms with E-state index in [0.29, 0.717) is 40.3 Å². The third-order valence-electron chi connectivity index (χ3n) is 8.36. The highest BCUT2D eigenvalue weighted by molar-refractivity contribution is 6.11. The van der Waals surface area contributed by atoms with Gasteiger partial charge in [-0.1, -0.05) is 32.0 Å². The number of fused-ring (bicyclic) bond motifs is 4. The first-order chi connectivity index (χ1) is 19.1. The van der Waals surface area contributed by atoms with Crippen LogP contribution in [-0.4, -0.2) is 20.4 Å². The molecule has 0 fully saturated rings. The lowest BCUT2D eigenvalue weighted by atomic mass is 9.79. The van der Waals surface area contributed by atoms with Crippen LogP contribution in [0.2, 0.25) is 0 Å².